The molecular formula is C46H60N4O4. The molecule has 0 radical (unpaired) electrons. The molecular weight excluding hydrogens is 673 g/mol. The highest BCUT2D eigenvalue weighted by Crippen LogP contribution is 2.39. The van der Waals surface area contributed by atoms with Crippen molar-refractivity contribution in [2.75, 3.05) is 80.8 Å². The van der Waals surface area contributed by atoms with Crippen molar-refractivity contribution in [3.63, 3.8) is 0 Å². The van der Waals surface area contributed by atoms with Crippen molar-refractivity contribution in [3.8, 4) is 23.0 Å². The number of ether oxygens (including phenoxy) is 4. The van der Waals surface area contributed by atoms with E-state index in [4.69, 9.17) is 18.9 Å². The highest BCUT2D eigenvalue weighted by atomic mass is 16.5. The fraction of sp³-hybridized carbons (Fsp3) is 0.478. The summed E-state index contributed by atoms with van der Waals surface area (Å²) < 4.78 is 23.7. The van der Waals surface area contributed by atoms with Gasteiger partial charge in [0.25, 0.3) is 0 Å². The molecule has 288 valence electrons. The average Bonchev–Trinajstić information content (AvgIpc) is 3.19. The van der Waals surface area contributed by atoms with E-state index in [0.717, 1.165) is 102 Å². The van der Waals surface area contributed by atoms with Crippen LogP contribution in [0.1, 0.15) is 72.2 Å². The fourth-order valence-electron chi connectivity index (χ4n) is 8.67. The van der Waals surface area contributed by atoms with Crippen LogP contribution in [0.4, 0.5) is 0 Å². The SMILES string of the molecule is COc1ccc2cc1CN1CCN(CC1)Cc1cc(ccc1OC)C(C)(C)c1ccc(OC)c(c1)CN1CCN(CC1)Cc1cc(ccc1OC)C2(C)C. The molecule has 2 fully saturated rings. The first-order valence-corrected chi connectivity index (χ1v) is 19.6. The quantitative estimate of drug-likeness (QED) is 0.217. The van der Waals surface area contributed by atoms with Gasteiger partial charge >= 0.3 is 0 Å². The van der Waals surface area contributed by atoms with Crippen molar-refractivity contribution >= 4 is 0 Å². The molecule has 54 heavy (non-hydrogen) atoms. The summed E-state index contributed by atoms with van der Waals surface area (Å²) in [4.78, 5) is 10.3. The Morgan fingerprint density at radius 2 is 0.556 bits per heavy atom. The van der Waals surface area contributed by atoms with Gasteiger partial charge in [0.15, 0.2) is 0 Å². The fourth-order valence-corrected chi connectivity index (χ4v) is 8.67. The minimum atomic E-state index is -0.208. The number of piperazine rings is 2. The van der Waals surface area contributed by atoms with Crippen LogP contribution < -0.4 is 18.9 Å². The van der Waals surface area contributed by atoms with E-state index >= 15 is 0 Å². The van der Waals surface area contributed by atoms with Gasteiger partial charge < -0.3 is 18.9 Å². The smallest absolute Gasteiger partial charge is 0.123 e. The lowest BCUT2D eigenvalue weighted by Crippen LogP contribution is -2.45. The Morgan fingerprint density at radius 3 is 0.741 bits per heavy atom. The molecule has 0 spiro atoms. The molecule has 4 aromatic carbocycles. The van der Waals surface area contributed by atoms with E-state index in [0.29, 0.717) is 0 Å². The summed E-state index contributed by atoms with van der Waals surface area (Å²) in [6.07, 6.45) is 0. The summed E-state index contributed by atoms with van der Waals surface area (Å²) in [5, 5.41) is 0. The van der Waals surface area contributed by atoms with E-state index in [1.165, 1.54) is 44.5 Å². The number of hydrogen-bond acceptors (Lipinski definition) is 8. The Hall–Kier alpha value is -4.08. The van der Waals surface area contributed by atoms with Gasteiger partial charge in [-0.1, -0.05) is 52.0 Å². The number of hydrogen-bond donors (Lipinski definition) is 0. The largest absolute Gasteiger partial charge is 0.496 e. The topological polar surface area (TPSA) is 49.9 Å². The van der Waals surface area contributed by atoms with E-state index in [1.807, 2.05) is 0 Å². The Balaban J connectivity index is 1.25. The van der Waals surface area contributed by atoms with Crippen LogP contribution in [-0.4, -0.2) is 100 Å². The van der Waals surface area contributed by atoms with E-state index in [-0.39, 0.29) is 10.8 Å². The van der Waals surface area contributed by atoms with Gasteiger partial charge in [-0.25, -0.2) is 0 Å². The molecule has 6 heterocycles. The third kappa shape index (κ3) is 7.85. The lowest BCUT2D eigenvalue weighted by atomic mass is 9.77. The van der Waals surface area contributed by atoms with E-state index in [2.05, 4.69) is 120 Å². The van der Waals surface area contributed by atoms with E-state index in [1.54, 1.807) is 28.4 Å². The van der Waals surface area contributed by atoms with Gasteiger partial charge in [-0.05, 0) is 70.8 Å². The van der Waals surface area contributed by atoms with Crippen LogP contribution in [0.2, 0.25) is 0 Å². The molecule has 10 rings (SSSR count). The van der Waals surface area contributed by atoms with Crippen molar-refractivity contribution in [1.29, 1.82) is 0 Å². The highest BCUT2D eigenvalue weighted by Gasteiger charge is 2.30. The first kappa shape index (κ1) is 38.2. The van der Waals surface area contributed by atoms with Gasteiger partial charge in [-0.15, -0.1) is 0 Å². The standard InChI is InChI=1S/C46H60N4O4/c1-45(2)37-9-13-41(51-5)33(25-37)29-47-17-21-49(22-18-47)31-35-27-39(11-15-43(35)53-7)46(3,4)40-12-16-44(54-8)36(28-40)32-50-23-19-48(20-24-50)30-34-26-38(45)10-14-42(34)52-6/h9-16,25-28H,17-24,29-32H2,1-8H3. The Bertz CT molecular complexity index is 1650. The zero-order valence-electron chi connectivity index (χ0n) is 33.8. The lowest BCUT2D eigenvalue weighted by molar-refractivity contribution is 0.120. The summed E-state index contributed by atoms with van der Waals surface area (Å²) in [6.45, 7) is 20.7. The average molecular weight is 733 g/mol. The zero-order chi connectivity index (χ0) is 38.0. The highest BCUT2D eigenvalue weighted by molar-refractivity contribution is 5.49. The van der Waals surface area contributed by atoms with E-state index < -0.39 is 0 Å². The van der Waals surface area contributed by atoms with Gasteiger partial charge in [0.1, 0.15) is 23.0 Å². The molecule has 0 atom stereocenters. The molecule has 0 aliphatic carbocycles. The predicted octanol–water partition coefficient (Wildman–Crippen LogP) is 7.32. The number of nitrogens with zero attached hydrogens (tertiary/aromatic N) is 4. The maximum atomic E-state index is 5.93. The predicted molar refractivity (Wildman–Crippen MR) is 217 cm³/mol. The maximum absolute atomic E-state index is 5.93. The summed E-state index contributed by atoms with van der Waals surface area (Å²) >= 11 is 0. The number of benzene rings is 4. The van der Waals surface area contributed by atoms with Crippen LogP contribution in [0, 0.1) is 0 Å². The van der Waals surface area contributed by atoms with Crippen molar-refractivity contribution in [2.45, 2.75) is 64.7 Å². The van der Waals surface area contributed by atoms with Crippen molar-refractivity contribution in [3.05, 3.63) is 117 Å². The molecule has 0 unspecified atom stereocenters. The molecule has 6 aliphatic heterocycles. The van der Waals surface area contributed by atoms with Crippen molar-refractivity contribution in [2.24, 2.45) is 0 Å². The first-order valence-electron chi connectivity index (χ1n) is 19.6. The van der Waals surface area contributed by atoms with Gasteiger partial charge in [0.05, 0.1) is 28.4 Å². The third-order valence-electron chi connectivity index (χ3n) is 12.5. The summed E-state index contributed by atoms with van der Waals surface area (Å²) in [5.41, 5.74) is 9.70. The van der Waals surface area contributed by atoms with Crippen LogP contribution in [0.5, 0.6) is 23.0 Å². The van der Waals surface area contributed by atoms with Crippen LogP contribution in [0.3, 0.4) is 0 Å². The molecule has 0 amide bonds. The van der Waals surface area contributed by atoms with Crippen molar-refractivity contribution < 1.29 is 18.9 Å². The molecule has 8 heteroatoms. The van der Waals surface area contributed by atoms with E-state index in [9.17, 15) is 0 Å². The molecule has 0 aromatic heterocycles. The van der Waals surface area contributed by atoms with Crippen molar-refractivity contribution in [1.82, 2.24) is 19.6 Å². The summed E-state index contributed by atoms with van der Waals surface area (Å²) in [7, 11) is 7.15. The van der Waals surface area contributed by atoms with Crippen LogP contribution >= 0.6 is 0 Å². The second-order valence-corrected chi connectivity index (χ2v) is 16.5. The Morgan fingerprint density at radius 1 is 0.352 bits per heavy atom. The Labute approximate surface area is 323 Å². The second-order valence-electron chi connectivity index (χ2n) is 16.5. The minimum Gasteiger partial charge on any atom is -0.496 e. The van der Waals surface area contributed by atoms with Crippen LogP contribution in [0.15, 0.2) is 72.8 Å². The molecule has 8 nitrogen and oxygen atoms in total. The minimum absolute atomic E-state index is 0.208. The lowest BCUT2D eigenvalue weighted by Gasteiger charge is -2.36. The summed E-state index contributed by atoms with van der Waals surface area (Å²) in [5.74, 6) is 3.81. The molecule has 6 aliphatic rings. The van der Waals surface area contributed by atoms with Gasteiger partial charge in [-0.2, -0.15) is 0 Å². The maximum Gasteiger partial charge on any atom is 0.123 e. The van der Waals surface area contributed by atoms with Crippen LogP contribution in [0.25, 0.3) is 0 Å². The molecule has 0 N–H and O–H groups in total. The van der Waals surface area contributed by atoms with Crippen LogP contribution in [-0.2, 0) is 37.0 Å². The Kier molecular flexibility index (Phi) is 11.3. The third-order valence-corrected chi connectivity index (χ3v) is 12.5. The zero-order valence-corrected chi connectivity index (χ0v) is 33.8. The number of rotatable bonds is 4. The molecule has 2 saturated heterocycles. The molecule has 4 aromatic rings. The summed E-state index contributed by atoms with van der Waals surface area (Å²) in [6, 6.07) is 27.1. The normalized spacial score (nSPS) is 23.7. The monoisotopic (exact) mass is 732 g/mol. The molecule has 12 bridgehead atoms. The van der Waals surface area contributed by atoms with Gasteiger partial charge in [-0.3, -0.25) is 19.6 Å². The van der Waals surface area contributed by atoms with Gasteiger partial charge in [0.2, 0.25) is 0 Å². The first-order chi connectivity index (χ1) is 26.0. The second kappa shape index (κ2) is 16.0. The van der Waals surface area contributed by atoms with Gasteiger partial charge in [0, 0.05) is 112 Å². The number of methoxy groups -OCH3 is 4. The molecule has 0 saturated carbocycles.